The van der Waals surface area contributed by atoms with Crippen LogP contribution in [0.5, 0.6) is 0 Å². The Bertz CT molecular complexity index is 53.6. The van der Waals surface area contributed by atoms with Gasteiger partial charge in [-0.2, -0.15) is 0 Å². The number of hydrogen-bond donors (Lipinski definition) is 1. The molecule has 2 unspecified atom stereocenters. The Morgan fingerprint density at radius 3 is 2.11 bits per heavy atom. The Kier molecular flexibility index (Phi) is 4.78. The molecule has 0 saturated heterocycles. The Morgan fingerprint density at radius 2 is 1.78 bits per heavy atom. The van der Waals surface area contributed by atoms with E-state index >= 15 is 0 Å². The zero-order chi connectivity index (χ0) is 7.28. The van der Waals surface area contributed by atoms with Crippen molar-refractivity contribution in [3.8, 4) is 0 Å². The first kappa shape index (κ1) is 8.96. The van der Waals surface area contributed by atoms with Crippen molar-refractivity contribution in [2.45, 2.75) is 33.6 Å². The van der Waals surface area contributed by atoms with Crippen LogP contribution in [0.3, 0.4) is 0 Å². The summed E-state index contributed by atoms with van der Waals surface area (Å²) in [4.78, 5) is 0. The van der Waals surface area contributed by atoms with E-state index in [0.29, 0.717) is 12.5 Å². The lowest BCUT2D eigenvalue weighted by atomic mass is 9.96. The molecule has 0 fully saturated rings. The first-order chi connectivity index (χ1) is 4.20. The molecule has 0 radical (unpaired) electrons. The Hall–Kier alpha value is -0.0400. The van der Waals surface area contributed by atoms with Gasteiger partial charge in [-0.05, 0) is 18.3 Å². The molecule has 0 rings (SSSR count). The van der Waals surface area contributed by atoms with Gasteiger partial charge < -0.3 is 5.11 Å². The zero-order valence-corrected chi connectivity index (χ0v) is 6.72. The summed E-state index contributed by atoms with van der Waals surface area (Å²) in [6.45, 7) is 6.84. The van der Waals surface area contributed by atoms with Gasteiger partial charge in [0.2, 0.25) is 0 Å². The topological polar surface area (TPSA) is 20.2 Å². The molecule has 0 aromatic heterocycles. The minimum absolute atomic E-state index is 0.338. The van der Waals surface area contributed by atoms with Gasteiger partial charge in [0.15, 0.2) is 0 Å². The highest BCUT2D eigenvalue weighted by Gasteiger charge is 2.04. The van der Waals surface area contributed by atoms with Gasteiger partial charge in [0.1, 0.15) is 0 Å². The third-order valence-corrected chi connectivity index (χ3v) is 1.81. The molecule has 1 N–H and O–H groups in total. The summed E-state index contributed by atoms with van der Waals surface area (Å²) >= 11 is 0. The van der Waals surface area contributed by atoms with E-state index in [0.717, 1.165) is 12.3 Å². The van der Waals surface area contributed by atoms with Crippen LogP contribution in [-0.2, 0) is 0 Å². The SMILES string of the molecule is CCC(C)CC(C)CO. The molecule has 0 spiro atoms. The van der Waals surface area contributed by atoms with E-state index in [4.69, 9.17) is 5.11 Å². The highest BCUT2D eigenvalue weighted by atomic mass is 16.3. The standard InChI is InChI=1S/C8H18O/c1-4-7(2)5-8(3)6-9/h7-9H,4-6H2,1-3H3. The zero-order valence-electron chi connectivity index (χ0n) is 6.72. The molecule has 0 amide bonds. The normalized spacial score (nSPS) is 17.3. The van der Waals surface area contributed by atoms with Crippen LogP contribution >= 0.6 is 0 Å². The van der Waals surface area contributed by atoms with Crippen LogP contribution < -0.4 is 0 Å². The van der Waals surface area contributed by atoms with Gasteiger partial charge in [0.05, 0.1) is 0 Å². The molecule has 2 atom stereocenters. The maximum atomic E-state index is 8.68. The fraction of sp³-hybridized carbons (Fsp3) is 1.00. The lowest BCUT2D eigenvalue weighted by molar-refractivity contribution is 0.214. The first-order valence-electron chi connectivity index (χ1n) is 3.81. The van der Waals surface area contributed by atoms with Crippen molar-refractivity contribution in [2.24, 2.45) is 11.8 Å². The maximum Gasteiger partial charge on any atom is 0.0456 e. The van der Waals surface area contributed by atoms with Crippen molar-refractivity contribution in [3.63, 3.8) is 0 Å². The van der Waals surface area contributed by atoms with Crippen LogP contribution in [0.15, 0.2) is 0 Å². The van der Waals surface area contributed by atoms with Crippen molar-refractivity contribution in [3.05, 3.63) is 0 Å². The minimum Gasteiger partial charge on any atom is -0.396 e. The molecule has 0 aromatic rings. The fourth-order valence-electron chi connectivity index (χ4n) is 0.928. The van der Waals surface area contributed by atoms with E-state index in [-0.39, 0.29) is 0 Å². The van der Waals surface area contributed by atoms with E-state index in [1.54, 1.807) is 0 Å². The van der Waals surface area contributed by atoms with Crippen LogP contribution in [-0.4, -0.2) is 11.7 Å². The van der Waals surface area contributed by atoms with Crippen molar-refractivity contribution >= 4 is 0 Å². The molecule has 0 aliphatic carbocycles. The Morgan fingerprint density at radius 1 is 1.22 bits per heavy atom. The fourth-order valence-corrected chi connectivity index (χ4v) is 0.928. The van der Waals surface area contributed by atoms with E-state index in [1.807, 2.05) is 0 Å². The van der Waals surface area contributed by atoms with Gasteiger partial charge in [0.25, 0.3) is 0 Å². The van der Waals surface area contributed by atoms with Crippen molar-refractivity contribution in [2.75, 3.05) is 6.61 Å². The van der Waals surface area contributed by atoms with Gasteiger partial charge in [-0.3, -0.25) is 0 Å². The molecule has 1 heteroatoms. The summed E-state index contributed by atoms with van der Waals surface area (Å²) in [5, 5.41) is 8.68. The second-order valence-electron chi connectivity index (χ2n) is 3.04. The Labute approximate surface area is 58.1 Å². The summed E-state index contributed by atoms with van der Waals surface area (Å²) in [5.41, 5.74) is 0. The molecule has 0 aliphatic rings. The van der Waals surface area contributed by atoms with Gasteiger partial charge in [-0.1, -0.05) is 27.2 Å². The predicted molar refractivity (Wildman–Crippen MR) is 40.3 cm³/mol. The lowest BCUT2D eigenvalue weighted by Crippen LogP contribution is -2.05. The van der Waals surface area contributed by atoms with Gasteiger partial charge in [0, 0.05) is 6.61 Å². The average Bonchev–Trinajstić information content (AvgIpc) is 1.87. The van der Waals surface area contributed by atoms with Crippen molar-refractivity contribution < 1.29 is 5.11 Å². The van der Waals surface area contributed by atoms with Gasteiger partial charge >= 0.3 is 0 Å². The number of rotatable bonds is 4. The van der Waals surface area contributed by atoms with Crippen LogP contribution in [0.25, 0.3) is 0 Å². The van der Waals surface area contributed by atoms with Crippen LogP contribution in [0.1, 0.15) is 33.6 Å². The Balaban J connectivity index is 3.22. The van der Waals surface area contributed by atoms with E-state index < -0.39 is 0 Å². The molecular weight excluding hydrogens is 112 g/mol. The molecule has 0 aromatic carbocycles. The average molecular weight is 130 g/mol. The van der Waals surface area contributed by atoms with Crippen molar-refractivity contribution in [1.29, 1.82) is 0 Å². The van der Waals surface area contributed by atoms with Gasteiger partial charge in [-0.25, -0.2) is 0 Å². The predicted octanol–water partition coefficient (Wildman–Crippen LogP) is 2.05. The molecule has 0 saturated carbocycles. The first-order valence-corrected chi connectivity index (χ1v) is 3.81. The summed E-state index contributed by atoms with van der Waals surface area (Å²) < 4.78 is 0. The summed E-state index contributed by atoms with van der Waals surface area (Å²) in [6.07, 6.45) is 2.39. The monoisotopic (exact) mass is 130 g/mol. The summed E-state index contributed by atoms with van der Waals surface area (Å²) in [7, 11) is 0. The largest absolute Gasteiger partial charge is 0.396 e. The van der Waals surface area contributed by atoms with Gasteiger partial charge in [-0.15, -0.1) is 0 Å². The highest BCUT2D eigenvalue weighted by molar-refractivity contribution is 4.55. The molecular formula is C8H18O. The highest BCUT2D eigenvalue weighted by Crippen LogP contribution is 2.13. The number of aliphatic hydroxyl groups is 1. The van der Waals surface area contributed by atoms with Crippen LogP contribution in [0.4, 0.5) is 0 Å². The lowest BCUT2D eigenvalue weighted by Gasteiger charge is -2.12. The third kappa shape index (κ3) is 4.46. The molecule has 56 valence electrons. The van der Waals surface area contributed by atoms with Crippen LogP contribution in [0.2, 0.25) is 0 Å². The minimum atomic E-state index is 0.338. The second-order valence-corrected chi connectivity index (χ2v) is 3.04. The third-order valence-electron chi connectivity index (χ3n) is 1.81. The summed E-state index contributed by atoms with van der Waals surface area (Å²) in [5.74, 6) is 1.26. The number of hydrogen-bond acceptors (Lipinski definition) is 1. The van der Waals surface area contributed by atoms with E-state index in [1.165, 1.54) is 6.42 Å². The van der Waals surface area contributed by atoms with E-state index in [2.05, 4.69) is 20.8 Å². The molecule has 0 aliphatic heterocycles. The van der Waals surface area contributed by atoms with E-state index in [9.17, 15) is 0 Å². The smallest absolute Gasteiger partial charge is 0.0456 e. The second kappa shape index (κ2) is 4.80. The molecule has 9 heavy (non-hydrogen) atoms. The molecule has 1 nitrogen and oxygen atoms in total. The molecule has 0 heterocycles. The number of aliphatic hydroxyl groups excluding tert-OH is 1. The summed E-state index contributed by atoms with van der Waals surface area (Å²) in [6, 6.07) is 0. The van der Waals surface area contributed by atoms with Crippen molar-refractivity contribution in [1.82, 2.24) is 0 Å². The quantitative estimate of drug-likeness (QED) is 0.617. The maximum absolute atomic E-state index is 8.68. The molecule has 0 bridgehead atoms. The van der Waals surface area contributed by atoms with Crippen LogP contribution in [0, 0.1) is 11.8 Å².